The van der Waals surface area contributed by atoms with Crippen LogP contribution in [0.25, 0.3) is 0 Å². The molecule has 5 heteroatoms. The molecule has 0 bridgehead atoms. The maximum absolute atomic E-state index is 13.9. The third-order valence-electron chi connectivity index (χ3n) is 3.13. The first kappa shape index (κ1) is 14.3. The summed E-state index contributed by atoms with van der Waals surface area (Å²) in [4.78, 5) is 2.06. The molecule has 0 aromatic heterocycles. The number of alkyl halides is 1. The Labute approximate surface area is 105 Å². The fraction of sp³-hybridized carbons (Fsp3) is 0.500. The van der Waals surface area contributed by atoms with Crippen molar-refractivity contribution >= 4 is 12.4 Å². The Bertz CT molecular complexity index is 380. The van der Waals surface area contributed by atoms with Crippen LogP contribution in [0.3, 0.4) is 0 Å². The van der Waals surface area contributed by atoms with E-state index in [0.29, 0.717) is 13.1 Å². The van der Waals surface area contributed by atoms with Gasteiger partial charge in [0.05, 0.1) is 0 Å². The van der Waals surface area contributed by atoms with Gasteiger partial charge in [-0.1, -0.05) is 19.1 Å². The molecule has 0 spiro atoms. The molecule has 1 aromatic rings. The average molecular weight is 266 g/mol. The maximum atomic E-state index is 13.9. The largest absolute Gasteiger partial charge is 0.303 e. The molecule has 1 unspecified atom stereocenters. The van der Waals surface area contributed by atoms with Crippen LogP contribution in [0.2, 0.25) is 0 Å². The second-order valence-corrected chi connectivity index (χ2v) is 4.16. The van der Waals surface area contributed by atoms with Gasteiger partial charge >= 0.3 is 0 Å². The van der Waals surface area contributed by atoms with Crippen LogP contribution >= 0.6 is 12.4 Å². The molecule has 1 heterocycles. The normalized spacial score (nSPS) is 18.4. The minimum atomic E-state index is -1.40. The zero-order chi connectivity index (χ0) is 11.7. The molecule has 1 atom stereocenters. The average Bonchev–Trinajstić information content (AvgIpc) is 2.20. The topological polar surface area (TPSA) is 3.24 Å². The molecule has 96 valence electrons. The predicted octanol–water partition coefficient (Wildman–Crippen LogP) is 3.35. The monoisotopic (exact) mass is 265 g/mol. The quantitative estimate of drug-likeness (QED) is 0.810. The molecular weight excluding hydrogens is 251 g/mol. The third kappa shape index (κ3) is 2.75. The Morgan fingerprint density at radius 2 is 2.00 bits per heavy atom. The van der Waals surface area contributed by atoms with Crippen molar-refractivity contribution in [3.8, 4) is 0 Å². The van der Waals surface area contributed by atoms with E-state index in [1.807, 2.05) is 6.92 Å². The highest BCUT2D eigenvalue weighted by atomic mass is 35.5. The van der Waals surface area contributed by atoms with Crippen LogP contribution in [0.1, 0.15) is 18.7 Å². The molecular formula is C12H15ClF3N. The van der Waals surface area contributed by atoms with Crippen molar-refractivity contribution in [1.82, 2.24) is 4.90 Å². The van der Waals surface area contributed by atoms with E-state index < -0.39 is 17.8 Å². The molecule has 0 aliphatic carbocycles. The molecule has 2 rings (SSSR count). The van der Waals surface area contributed by atoms with Crippen LogP contribution in [0.15, 0.2) is 18.2 Å². The number of halogens is 4. The number of hydrogen-bond acceptors (Lipinski definition) is 1. The summed E-state index contributed by atoms with van der Waals surface area (Å²) in [5.41, 5.74) is -0.152. The lowest BCUT2D eigenvalue weighted by molar-refractivity contribution is 0.0410. The molecule has 1 saturated heterocycles. The maximum Gasteiger partial charge on any atom is 0.164 e. The van der Waals surface area contributed by atoms with Crippen LogP contribution in [0.4, 0.5) is 13.2 Å². The lowest BCUT2D eigenvalue weighted by Gasteiger charge is -2.40. The molecule has 0 amide bonds. The summed E-state index contributed by atoms with van der Waals surface area (Å²) in [6.45, 7) is 4.10. The second kappa shape index (κ2) is 5.74. The van der Waals surface area contributed by atoms with E-state index in [1.165, 1.54) is 12.1 Å². The predicted molar refractivity (Wildman–Crippen MR) is 63.1 cm³/mol. The number of nitrogens with zero attached hydrogens (tertiary/aromatic N) is 1. The highest BCUT2D eigenvalue weighted by molar-refractivity contribution is 5.85. The van der Waals surface area contributed by atoms with Crippen molar-refractivity contribution in [2.45, 2.75) is 13.1 Å². The summed E-state index contributed by atoms with van der Waals surface area (Å²) < 4.78 is 40.1. The van der Waals surface area contributed by atoms with E-state index in [1.54, 1.807) is 0 Å². The molecule has 1 fully saturated rings. The molecule has 0 saturated carbocycles. The van der Waals surface area contributed by atoms with Crippen molar-refractivity contribution in [3.63, 3.8) is 0 Å². The van der Waals surface area contributed by atoms with E-state index in [0.717, 1.165) is 12.6 Å². The summed E-state index contributed by atoms with van der Waals surface area (Å²) in [5, 5.41) is 0. The number of hydrogen-bond donors (Lipinski definition) is 0. The lowest BCUT2D eigenvalue weighted by atomic mass is 9.90. The van der Waals surface area contributed by atoms with E-state index in [4.69, 9.17) is 0 Å². The number of benzene rings is 1. The van der Waals surface area contributed by atoms with Gasteiger partial charge in [0, 0.05) is 24.6 Å². The summed E-state index contributed by atoms with van der Waals surface area (Å²) in [6, 6.07) is 3.67. The molecule has 0 radical (unpaired) electrons. The Balaban J connectivity index is 0.00000144. The zero-order valence-corrected chi connectivity index (χ0v) is 10.3. The number of likely N-dealkylation sites (tertiary alicyclic amines) is 1. The van der Waals surface area contributed by atoms with Gasteiger partial charge in [-0.05, 0) is 12.6 Å². The highest BCUT2D eigenvalue weighted by Gasteiger charge is 2.35. The first-order valence-corrected chi connectivity index (χ1v) is 5.43. The van der Waals surface area contributed by atoms with E-state index in [2.05, 4.69) is 4.90 Å². The van der Waals surface area contributed by atoms with Gasteiger partial charge in [0.2, 0.25) is 0 Å². The molecule has 1 aromatic carbocycles. The summed E-state index contributed by atoms with van der Waals surface area (Å²) >= 11 is 0. The molecule has 1 aliphatic heterocycles. The Morgan fingerprint density at radius 1 is 1.35 bits per heavy atom. The Hall–Kier alpha value is -0.740. The van der Waals surface area contributed by atoms with E-state index in [-0.39, 0.29) is 23.9 Å². The Morgan fingerprint density at radius 3 is 2.59 bits per heavy atom. The second-order valence-electron chi connectivity index (χ2n) is 4.16. The molecule has 0 N–H and O–H groups in total. The van der Waals surface area contributed by atoms with Gasteiger partial charge in [0.1, 0.15) is 6.17 Å². The summed E-state index contributed by atoms with van der Waals surface area (Å²) in [6.07, 6.45) is -1.40. The minimum Gasteiger partial charge on any atom is -0.303 e. The molecule has 17 heavy (non-hydrogen) atoms. The van der Waals surface area contributed by atoms with Crippen LogP contribution < -0.4 is 0 Å². The first-order valence-electron chi connectivity index (χ1n) is 5.43. The van der Waals surface area contributed by atoms with Crippen LogP contribution in [-0.2, 0) is 0 Å². The van der Waals surface area contributed by atoms with E-state index >= 15 is 0 Å². The Kier molecular flexibility index (Phi) is 4.83. The van der Waals surface area contributed by atoms with Crippen molar-refractivity contribution in [2.75, 3.05) is 19.6 Å². The molecule has 1 nitrogen and oxygen atoms in total. The fourth-order valence-electron chi connectivity index (χ4n) is 2.04. The van der Waals surface area contributed by atoms with Gasteiger partial charge in [-0.2, -0.15) is 0 Å². The standard InChI is InChI=1S/C12H14F3N.ClH/c1-2-16-6-8(7-16)11(14)9-4-3-5-10(13)12(9)15;/h3-5,8,11H,2,6-7H2,1H3;1H. The van der Waals surface area contributed by atoms with Crippen LogP contribution in [0.5, 0.6) is 0 Å². The van der Waals surface area contributed by atoms with Crippen LogP contribution in [-0.4, -0.2) is 24.5 Å². The van der Waals surface area contributed by atoms with Gasteiger partial charge < -0.3 is 4.90 Å². The first-order chi connectivity index (χ1) is 7.63. The summed E-state index contributed by atoms with van der Waals surface area (Å²) in [7, 11) is 0. The smallest absolute Gasteiger partial charge is 0.164 e. The lowest BCUT2D eigenvalue weighted by Crippen LogP contribution is -2.48. The summed E-state index contributed by atoms with van der Waals surface area (Å²) in [5.74, 6) is -2.24. The van der Waals surface area contributed by atoms with Crippen molar-refractivity contribution in [2.24, 2.45) is 5.92 Å². The molecule has 1 aliphatic rings. The SMILES string of the molecule is CCN1CC(C(F)c2cccc(F)c2F)C1.Cl. The fourth-order valence-corrected chi connectivity index (χ4v) is 2.04. The highest BCUT2D eigenvalue weighted by Crippen LogP contribution is 2.34. The van der Waals surface area contributed by atoms with Gasteiger partial charge in [-0.3, -0.25) is 0 Å². The van der Waals surface area contributed by atoms with Crippen molar-refractivity contribution < 1.29 is 13.2 Å². The minimum absolute atomic E-state index is 0. The van der Waals surface area contributed by atoms with Crippen LogP contribution in [0, 0.1) is 17.6 Å². The van der Waals surface area contributed by atoms with Gasteiger partial charge in [0.15, 0.2) is 11.6 Å². The third-order valence-corrected chi connectivity index (χ3v) is 3.13. The van der Waals surface area contributed by atoms with E-state index in [9.17, 15) is 13.2 Å². The zero-order valence-electron chi connectivity index (χ0n) is 9.50. The van der Waals surface area contributed by atoms with Crippen molar-refractivity contribution in [3.05, 3.63) is 35.4 Å². The van der Waals surface area contributed by atoms with Gasteiger partial charge in [-0.25, -0.2) is 13.2 Å². The van der Waals surface area contributed by atoms with Gasteiger partial charge in [0.25, 0.3) is 0 Å². The van der Waals surface area contributed by atoms with Crippen molar-refractivity contribution in [1.29, 1.82) is 0 Å². The number of rotatable bonds is 3. The van der Waals surface area contributed by atoms with Gasteiger partial charge in [-0.15, -0.1) is 12.4 Å².